The highest BCUT2D eigenvalue weighted by Gasteiger charge is 2.04. The van der Waals surface area contributed by atoms with Crippen LogP contribution in [0.4, 0.5) is 5.69 Å². The van der Waals surface area contributed by atoms with Gasteiger partial charge in [-0.2, -0.15) is 0 Å². The number of thioether (sulfide) groups is 1. The Balaban J connectivity index is 2.00. The van der Waals surface area contributed by atoms with Gasteiger partial charge in [0, 0.05) is 16.3 Å². The van der Waals surface area contributed by atoms with Crippen LogP contribution >= 0.6 is 11.8 Å². The number of nitrogens with one attached hydrogen (secondary N) is 1. The highest BCUT2D eigenvalue weighted by Crippen LogP contribution is 2.27. The number of aliphatic hydroxyl groups excluding tert-OH is 1. The SMILES string of the molecule is C=CCSc1ccccc1NCc1ccc(CO)o1. The molecule has 0 fully saturated rings. The van der Waals surface area contributed by atoms with Crippen molar-refractivity contribution in [3.63, 3.8) is 0 Å². The third-order valence-electron chi connectivity index (χ3n) is 2.57. The average Bonchev–Trinajstić information content (AvgIpc) is 2.91. The Kier molecular flexibility index (Phi) is 5.12. The molecule has 0 amide bonds. The van der Waals surface area contributed by atoms with Gasteiger partial charge in [0.15, 0.2) is 0 Å². The Morgan fingerprint density at radius 1 is 1.21 bits per heavy atom. The first-order chi connectivity index (χ1) is 9.33. The third-order valence-corrected chi connectivity index (χ3v) is 3.64. The molecule has 2 N–H and O–H groups in total. The molecule has 0 saturated heterocycles. The average molecular weight is 275 g/mol. The van der Waals surface area contributed by atoms with E-state index in [-0.39, 0.29) is 6.61 Å². The zero-order chi connectivity index (χ0) is 13.5. The van der Waals surface area contributed by atoms with E-state index < -0.39 is 0 Å². The van der Waals surface area contributed by atoms with E-state index in [4.69, 9.17) is 9.52 Å². The number of furan rings is 1. The number of para-hydroxylation sites is 1. The van der Waals surface area contributed by atoms with Crippen molar-refractivity contribution in [2.75, 3.05) is 11.1 Å². The van der Waals surface area contributed by atoms with Crippen LogP contribution in [-0.4, -0.2) is 10.9 Å². The molecule has 0 radical (unpaired) electrons. The van der Waals surface area contributed by atoms with Gasteiger partial charge in [0.2, 0.25) is 0 Å². The smallest absolute Gasteiger partial charge is 0.129 e. The summed E-state index contributed by atoms with van der Waals surface area (Å²) < 4.78 is 5.44. The first kappa shape index (κ1) is 13.8. The van der Waals surface area contributed by atoms with Gasteiger partial charge in [-0.3, -0.25) is 0 Å². The van der Waals surface area contributed by atoms with Crippen molar-refractivity contribution in [1.82, 2.24) is 0 Å². The summed E-state index contributed by atoms with van der Waals surface area (Å²) in [5.74, 6) is 2.28. The standard InChI is InChI=1S/C15H17NO2S/c1-2-9-19-15-6-4-3-5-14(15)16-10-12-7-8-13(11-17)18-12/h2-8,16-17H,1,9-11H2. The molecule has 100 valence electrons. The Morgan fingerprint density at radius 2 is 2.00 bits per heavy atom. The normalized spacial score (nSPS) is 10.4. The van der Waals surface area contributed by atoms with Gasteiger partial charge >= 0.3 is 0 Å². The van der Waals surface area contributed by atoms with Crippen LogP contribution in [0.25, 0.3) is 0 Å². The number of benzene rings is 1. The summed E-state index contributed by atoms with van der Waals surface area (Å²) in [6, 6.07) is 11.8. The minimum atomic E-state index is -0.0637. The molecule has 4 heteroatoms. The molecule has 2 aromatic rings. The van der Waals surface area contributed by atoms with E-state index in [1.54, 1.807) is 17.8 Å². The molecule has 0 bridgehead atoms. The zero-order valence-electron chi connectivity index (χ0n) is 10.6. The fourth-order valence-corrected chi connectivity index (χ4v) is 2.44. The molecule has 0 aliphatic carbocycles. The molecule has 1 aromatic heterocycles. The summed E-state index contributed by atoms with van der Waals surface area (Å²) in [6.07, 6.45) is 1.89. The molecule has 1 heterocycles. The molecular formula is C15H17NO2S. The number of hydrogen-bond acceptors (Lipinski definition) is 4. The molecule has 2 rings (SSSR count). The summed E-state index contributed by atoms with van der Waals surface area (Å²) in [5, 5.41) is 12.3. The minimum Gasteiger partial charge on any atom is -0.462 e. The molecule has 1 aromatic carbocycles. The molecular weight excluding hydrogens is 258 g/mol. The largest absolute Gasteiger partial charge is 0.462 e. The number of hydrogen-bond donors (Lipinski definition) is 2. The third kappa shape index (κ3) is 3.91. The first-order valence-corrected chi connectivity index (χ1v) is 7.07. The lowest BCUT2D eigenvalue weighted by Crippen LogP contribution is -1.99. The quantitative estimate of drug-likeness (QED) is 0.598. The zero-order valence-corrected chi connectivity index (χ0v) is 11.5. The molecule has 0 atom stereocenters. The van der Waals surface area contributed by atoms with E-state index in [1.807, 2.05) is 30.3 Å². The van der Waals surface area contributed by atoms with E-state index in [2.05, 4.69) is 18.0 Å². The minimum absolute atomic E-state index is 0.0637. The first-order valence-electron chi connectivity index (χ1n) is 6.08. The Hall–Kier alpha value is -1.65. The van der Waals surface area contributed by atoms with Crippen molar-refractivity contribution in [1.29, 1.82) is 0 Å². The maximum atomic E-state index is 8.95. The lowest BCUT2D eigenvalue weighted by molar-refractivity contribution is 0.244. The summed E-state index contributed by atoms with van der Waals surface area (Å²) in [5.41, 5.74) is 1.08. The summed E-state index contributed by atoms with van der Waals surface area (Å²) in [4.78, 5) is 1.19. The van der Waals surface area contributed by atoms with Crippen molar-refractivity contribution < 1.29 is 9.52 Å². The fourth-order valence-electron chi connectivity index (χ4n) is 1.67. The van der Waals surface area contributed by atoms with Gasteiger partial charge in [0.1, 0.15) is 18.1 Å². The highest BCUT2D eigenvalue weighted by atomic mass is 32.2. The Labute approximate surface area is 117 Å². The predicted molar refractivity (Wildman–Crippen MR) is 79.3 cm³/mol. The van der Waals surface area contributed by atoms with E-state index in [1.165, 1.54) is 4.90 Å². The van der Waals surface area contributed by atoms with Crippen LogP contribution in [0.15, 0.2) is 58.4 Å². The van der Waals surface area contributed by atoms with Gasteiger partial charge in [-0.25, -0.2) is 0 Å². The molecule has 0 spiro atoms. The van der Waals surface area contributed by atoms with Gasteiger partial charge in [-0.15, -0.1) is 18.3 Å². The second-order valence-corrected chi connectivity index (χ2v) is 5.04. The maximum absolute atomic E-state index is 8.95. The number of aliphatic hydroxyl groups is 1. The molecule has 19 heavy (non-hydrogen) atoms. The second-order valence-electron chi connectivity index (χ2n) is 3.98. The van der Waals surface area contributed by atoms with Gasteiger partial charge in [-0.1, -0.05) is 18.2 Å². The van der Waals surface area contributed by atoms with Crippen LogP contribution in [0.3, 0.4) is 0 Å². The van der Waals surface area contributed by atoms with Crippen molar-refractivity contribution in [3.8, 4) is 0 Å². The van der Waals surface area contributed by atoms with Crippen LogP contribution in [0.5, 0.6) is 0 Å². The Morgan fingerprint density at radius 3 is 2.74 bits per heavy atom. The number of anilines is 1. The van der Waals surface area contributed by atoms with E-state index in [9.17, 15) is 0 Å². The monoisotopic (exact) mass is 275 g/mol. The van der Waals surface area contributed by atoms with E-state index >= 15 is 0 Å². The Bertz CT molecular complexity index is 536. The van der Waals surface area contributed by atoms with Crippen LogP contribution < -0.4 is 5.32 Å². The van der Waals surface area contributed by atoms with Gasteiger partial charge in [0.05, 0.1) is 6.54 Å². The van der Waals surface area contributed by atoms with E-state index in [0.717, 1.165) is 17.2 Å². The maximum Gasteiger partial charge on any atom is 0.129 e. The van der Waals surface area contributed by atoms with Crippen LogP contribution in [0.2, 0.25) is 0 Å². The van der Waals surface area contributed by atoms with Crippen LogP contribution in [0.1, 0.15) is 11.5 Å². The number of rotatable bonds is 7. The second kappa shape index (κ2) is 7.07. The van der Waals surface area contributed by atoms with Crippen molar-refractivity contribution >= 4 is 17.4 Å². The lowest BCUT2D eigenvalue weighted by atomic mass is 10.3. The van der Waals surface area contributed by atoms with Crippen LogP contribution in [-0.2, 0) is 13.2 Å². The lowest BCUT2D eigenvalue weighted by Gasteiger charge is -2.09. The highest BCUT2D eigenvalue weighted by molar-refractivity contribution is 7.99. The van der Waals surface area contributed by atoms with Crippen molar-refractivity contribution in [3.05, 3.63) is 60.6 Å². The predicted octanol–water partition coefficient (Wildman–Crippen LogP) is 3.66. The molecule has 0 saturated carbocycles. The van der Waals surface area contributed by atoms with Crippen molar-refractivity contribution in [2.45, 2.75) is 18.0 Å². The summed E-state index contributed by atoms with van der Waals surface area (Å²) in [6.45, 7) is 4.27. The van der Waals surface area contributed by atoms with Gasteiger partial charge in [0.25, 0.3) is 0 Å². The van der Waals surface area contributed by atoms with Gasteiger partial charge in [-0.05, 0) is 24.3 Å². The molecule has 0 aliphatic heterocycles. The summed E-state index contributed by atoms with van der Waals surface area (Å²) in [7, 11) is 0. The van der Waals surface area contributed by atoms with Gasteiger partial charge < -0.3 is 14.8 Å². The van der Waals surface area contributed by atoms with Crippen LogP contribution in [0, 0.1) is 0 Å². The molecule has 0 unspecified atom stereocenters. The molecule has 0 aliphatic rings. The topological polar surface area (TPSA) is 45.4 Å². The fraction of sp³-hybridized carbons (Fsp3) is 0.200. The van der Waals surface area contributed by atoms with Crippen molar-refractivity contribution in [2.24, 2.45) is 0 Å². The van der Waals surface area contributed by atoms with E-state index in [0.29, 0.717) is 12.3 Å². The summed E-state index contributed by atoms with van der Waals surface area (Å²) >= 11 is 1.74. The molecule has 3 nitrogen and oxygen atoms in total.